The highest BCUT2D eigenvalue weighted by molar-refractivity contribution is 5.67. The van der Waals surface area contributed by atoms with Crippen LogP contribution in [0.2, 0.25) is 0 Å². The molecule has 1 saturated heterocycles. The summed E-state index contributed by atoms with van der Waals surface area (Å²) in [7, 11) is 0. The van der Waals surface area contributed by atoms with Gasteiger partial charge in [0.1, 0.15) is 0 Å². The van der Waals surface area contributed by atoms with Crippen LogP contribution in [-0.2, 0) is 4.74 Å². The molecule has 5 nitrogen and oxygen atoms in total. The van der Waals surface area contributed by atoms with Crippen molar-refractivity contribution in [2.75, 3.05) is 26.3 Å². The van der Waals surface area contributed by atoms with Crippen LogP contribution in [0.3, 0.4) is 0 Å². The van der Waals surface area contributed by atoms with Gasteiger partial charge >= 0.3 is 6.09 Å². The third-order valence-electron chi connectivity index (χ3n) is 3.01. The molecule has 0 unspecified atom stereocenters. The maximum atomic E-state index is 11.4. The minimum absolute atomic E-state index is 0.228. The minimum atomic E-state index is -0.359. The lowest BCUT2D eigenvalue weighted by Crippen LogP contribution is -2.41. The van der Waals surface area contributed by atoms with Crippen LogP contribution in [0, 0.1) is 0 Å². The average molecular weight is 258 g/mol. The summed E-state index contributed by atoms with van der Waals surface area (Å²) in [5, 5.41) is 11.9. The summed E-state index contributed by atoms with van der Waals surface area (Å²) < 4.78 is 5.11. The lowest BCUT2D eigenvalue weighted by molar-refractivity contribution is 0.120. The summed E-state index contributed by atoms with van der Waals surface area (Å²) in [5.41, 5.74) is -0.256. The second-order valence-electron chi connectivity index (χ2n) is 5.88. The number of nitrogens with zero attached hydrogens (tertiary/aromatic N) is 1. The van der Waals surface area contributed by atoms with Crippen molar-refractivity contribution >= 4 is 6.09 Å². The molecule has 0 aromatic carbocycles. The third-order valence-corrected chi connectivity index (χ3v) is 3.01. The second kappa shape index (κ2) is 6.95. The van der Waals surface area contributed by atoms with E-state index >= 15 is 0 Å². The van der Waals surface area contributed by atoms with Gasteiger partial charge in [-0.1, -0.05) is 0 Å². The fourth-order valence-corrected chi connectivity index (χ4v) is 2.17. The normalized spacial score (nSPS) is 21.0. The molecule has 106 valence electrons. The molecule has 5 heteroatoms. The summed E-state index contributed by atoms with van der Waals surface area (Å²) >= 11 is 0. The molecule has 1 atom stereocenters. The van der Waals surface area contributed by atoms with Crippen molar-refractivity contribution in [2.24, 2.45) is 0 Å². The van der Waals surface area contributed by atoms with Crippen molar-refractivity contribution in [1.82, 2.24) is 10.2 Å². The zero-order valence-corrected chi connectivity index (χ0v) is 11.7. The Hall–Kier alpha value is -0.810. The zero-order valence-electron chi connectivity index (χ0n) is 11.7. The number of amides is 1. The van der Waals surface area contributed by atoms with E-state index in [-0.39, 0.29) is 18.2 Å². The smallest absolute Gasteiger partial charge is 0.407 e. The van der Waals surface area contributed by atoms with Crippen LogP contribution < -0.4 is 5.32 Å². The Labute approximate surface area is 109 Å². The number of hydrogen-bond donors (Lipinski definition) is 2. The second-order valence-corrected chi connectivity index (χ2v) is 5.88. The molecule has 0 aromatic heterocycles. The van der Waals surface area contributed by atoms with Crippen molar-refractivity contribution in [3.63, 3.8) is 0 Å². The van der Waals surface area contributed by atoms with E-state index in [1.165, 1.54) is 0 Å². The lowest BCUT2D eigenvalue weighted by atomic mass is 10.1. The van der Waals surface area contributed by atoms with Gasteiger partial charge in [-0.05, 0) is 46.6 Å². The number of likely N-dealkylation sites (tertiary alicyclic amines) is 1. The third kappa shape index (κ3) is 5.69. The SMILES string of the molecule is CC(C)(C)NC(=O)OCCCN1CCC[C@@H]1CO. The molecule has 0 radical (unpaired) electrons. The first-order chi connectivity index (χ1) is 8.42. The van der Waals surface area contributed by atoms with Crippen LogP contribution in [0.5, 0.6) is 0 Å². The maximum Gasteiger partial charge on any atom is 0.407 e. The Morgan fingerprint density at radius 2 is 2.22 bits per heavy atom. The van der Waals surface area contributed by atoms with Gasteiger partial charge in [0.25, 0.3) is 0 Å². The molecule has 18 heavy (non-hydrogen) atoms. The lowest BCUT2D eigenvalue weighted by Gasteiger charge is -2.23. The molecule has 0 aliphatic carbocycles. The number of carbonyl (C=O) groups excluding carboxylic acids is 1. The van der Waals surface area contributed by atoms with Gasteiger partial charge < -0.3 is 15.2 Å². The first-order valence-electron chi connectivity index (χ1n) is 6.72. The van der Waals surface area contributed by atoms with Crippen molar-refractivity contribution in [1.29, 1.82) is 0 Å². The molecule has 1 fully saturated rings. The number of rotatable bonds is 5. The van der Waals surface area contributed by atoms with E-state index in [1.807, 2.05) is 20.8 Å². The number of aliphatic hydroxyl groups excluding tert-OH is 1. The Kier molecular flexibility index (Phi) is 5.88. The number of nitrogens with one attached hydrogen (secondary N) is 1. The molecule has 0 spiro atoms. The Balaban J connectivity index is 2.10. The summed E-state index contributed by atoms with van der Waals surface area (Å²) in [6, 6.07) is 0.299. The number of aliphatic hydroxyl groups is 1. The molecule has 0 aromatic rings. The molecule has 1 amide bonds. The number of alkyl carbamates (subject to hydrolysis) is 1. The van der Waals surface area contributed by atoms with E-state index in [0.717, 1.165) is 32.4 Å². The van der Waals surface area contributed by atoms with Gasteiger partial charge in [0.2, 0.25) is 0 Å². The predicted octanol–water partition coefficient (Wildman–Crippen LogP) is 1.36. The van der Waals surface area contributed by atoms with Crippen LogP contribution in [0.1, 0.15) is 40.0 Å². The van der Waals surface area contributed by atoms with Gasteiger partial charge in [0.05, 0.1) is 13.2 Å². The van der Waals surface area contributed by atoms with Crippen molar-refractivity contribution < 1.29 is 14.6 Å². The largest absolute Gasteiger partial charge is 0.450 e. The van der Waals surface area contributed by atoms with E-state index in [9.17, 15) is 9.90 Å². The van der Waals surface area contributed by atoms with Gasteiger partial charge in [0, 0.05) is 18.1 Å². The van der Waals surface area contributed by atoms with Crippen LogP contribution >= 0.6 is 0 Å². The molecule has 1 aliphatic heterocycles. The van der Waals surface area contributed by atoms with Crippen molar-refractivity contribution in [3.05, 3.63) is 0 Å². The van der Waals surface area contributed by atoms with Gasteiger partial charge in [-0.25, -0.2) is 4.79 Å². The summed E-state index contributed by atoms with van der Waals surface area (Å²) in [6.07, 6.45) is 2.68. The Morgan fingerprint density at radius 1 is 1.50 bits per heavy atom. The highest BCUT2D eigenvalue weighted by atomic mass is 16.5. The van der Waals surface area contributed by atoms with E-state index in [0.29, 0.717) is 12.6 Å². The van der Waals surface area contributed by atoms with E-state index in [1.54, 1.807) is 0 Å². The van der Waals surface area contributed by atoms with Gasteiger partial charge in [0.15, 0.2) is 0 Å². The molecular formula is C13H26N2O3. The van der Waals surface area contributed by atoms with Crippen LogP contribution in [0.25, 0.3) is 0 Å². The van der Waals surface area contributed by atoms with E-state index in [2.05, 4.69) is 10.2 Å². The number of hydrogen-bond acceptors (Lipinski definition) is 4. The fraction of sp³-hybridized carbons (Fsp3) is 0.923. The van der Waals surface area contributed by atoms with Gasteiger partial charge in [-0.3, -0.25) is 4.90 Å². The molecule has 0 saturated carbocycles. The van der Waals surface area contributed by atoms with Crippen LogP contribution in [0.15, 0.2) is 0 Å². The Morgan fingerprint density at radius 3 is 2.83 bits per heavy atom. The van der Waals surface area contributed by atoms with Gasteiger partial charge in [-0.2, -0.15) is 0 Å². The van der Waals surface area contributed by atoms with E-state index < -0.39 is 0 Å². The van der Waals surface area contributed by atoms with Crippen LogP contribution in [0.4, 0.5) is 4.79 Å². The molecule has 1 aliphatic rings. The average Bonchev–Trinajstić information content (AvgIpc) is 2.69. The summed E-state index contributed by atoms with van der Waals surface area (Å²) in [5.74, 6) is 0. The van der Waals surface area contributed by atoms with Crippen LogP contribution in [-0.4, -0.2) is 54.0 Å². The monoisotopic (exact) mass is 258 g/mol. The Bertz CT molecular complexity index is 263. The van der Waals surface area contributed by atoms with Gasteiger partial charge in [-0.15, -0.1) is 0 Å². The van der Waals surface area contributed by atoms with E-state index in [4.69, 9.17) is 4.74 Å². The molecule has 0 bridgehead atoms. The molecule has 1 heterocycles. The van der Waals surface area contributed by atoms with Crippen molar-refractivity contribution in [2.45, 2.75) is 51.6 Å². The number of carbonyl (C=O) groups is 1. The topological polar surface area (TPSA) is 61.8 Å². The highest BCUT2D eigenvalue weighted by Gasteiger charge is 2.23. The molecular weight excluding hydrogens is 232 g/mol. The standard InChI is InChI=1S/C13H26N2O3/c1-13(2,3)14-12(17)18-9-5-8-15-7-4-6-11(15)10-16/h11,16H,4-10H2,1-3H3,(H,14,17)/t11-/m1/s1. The molecule has 1 rings (SSSR count). The first-order valence-corrected chi connectivity index (χ1v) is 6.72. The predicted molar refractivity (Wildman–Crippen MR) is 70.5 cm³/mol. The highest BCUT2D eigenvalue weighted by Crippen LogP contribution is 2.16. The first kappa shape index (κ1) is 15.2. The molecule has 2 N–H and O–H groups in total. The van der Waals surface area contributed by atoms with Crippen molar-refractivity contribution in [3.8, 4) is 0 Å². The zero-order chi connectivity index (χ0) is 13.6. The fourth-order valence-electron chi connectivity index (χ4n) is 2.17. The maximum absolute atomic E-state index is 11.4. The summed E-state index contributed by atoms with van der Waals surface area (Å²) in [6.45, 7) is 8.34. The summed E-state index contributed by atoms with van der Waals surface area (Å²) in [4.78, 5) is 13.7. The quantitative estimate of drug-likeness (QED) is 0.731. The number of ether oxygens (including phenoxy) is 1. The minimum Gasteiger partial charge on any atom is -0.450 e.